The molecule has 1 saturated heterocycles. The Morgan fingerprint density at radius 1 is 0.837 bits per heavy atom. The molecule has 0 aliphatic carbocycles. The van der Waals surface area contributed by atoms with Crippen molar-refractivity contribution < 1.29 is 28.3 Å². The maximum absolute atomic E-state index is 14.7. The molecule has 1 amide bonds. The van der Waals surface area contributed by atoms with E-state index in [1.54, 1.807) is 24.4 Å². The molecule has 3 aliphatic rings. The summed E-state index contributed by atoms with van der Waals surface area (Å²) in [6.07, 6.45) is 3.67. The summed E-state index contributed by atoms with van der Waals surface area (Å²) in [6, 6.07) is 24.4. The average molecular weight is 573 g/mol. The largest absolute Gasteiger partial charge is 0.427 e. The number of anilines is 1. The van der Waals surface area contributed by atoms with Gasteiger partial charge in [-0.2, -0.15) is 0 Å². The highest BCUT2D eigenvalue weighted by atomic mass is 19.1. The van der Waals surface area contributed by atoms with Crippen LogP contribution in [-0.2, 0) is 15.0 Å². The third kappa shape index (κ3) is 3.94. The zero-order chi connectivity index (χ0) is 29.9. The maximum atomic E-state index is 14.7. The first kappa shape index (κ1) is 26.5. The molecule has 0 radical (unpaired) electrons. The first-order valence-electron chi connectivity index (χ1n) is 13.9. The number of benzene rings is 4. The molecule has 4 aromatic rings. The third-order valence-corrected chi connectivity index (χ3v) is 8.65. The minimum absolute atomic E-state index is 0.197. The zero-order valence-corrected chi connectivity index (χ0v) is 23.0. The summed E-state index contributed by atoms with van der Waals surface area (Å²) in [5.74, 6) is -3.10. The molecule has 0 unspecified atom stereocenters. The number of hydrogen-bond donors (Lipinski definition) is 1. The molecule has 4 atom stereocenters. The molecule has 212 valence electrons. The van der Waals surface area contributed by atoms with E-state index in [2.05, 4.69) is 5.32 Å². The maximum Gasteiger partial charge on any atom is 0.308 e. The van der Waals surface area contributed by atoms with Crippen LogP contribution in [0.4, 0.5) is 10.1 Å². The molecule has 0 saturated carbocycles. The molecule has 0 bridgehead atoms. The summed E-state index contributed by atoms with van der Waals surface area (Å²) in [4.78, 5) is 57.0. The van der Waals surface area contributed by atoms with Gasteiger partial charge in [0.05, 0.1) is 12.0 Å². The number of rotatable bonds is 5. The number of nitrogens with zero attached hydrogens (tertiary/aromatic N) is 1. The lowest BCUT2D eigenvalue weighted by molar-refractivity contribution is -0.131. The van der Waals surface area contributed by atoms with Crippen LogP contribution in [0.3, 0.4) is 0 Å². The van der Waals surface area contributed by atoms with Crippen LogP contribution in [0, 0.1) is 11.7 Å². The van der Waals surface area contributed by atoms with Crippen LogP contribution in [0.1, 0.15) is 50.4 Å². The van der Waals surface area contributed by atoms with Crippen molar-refractivity contribution in [3.8, 4) is 5.75 Å². The Bertz CT molecular complexity index is 1850. The van der Waals surface area contributed by atoms with Crippen molar-refractivity contribution in [2.45, 2.75) is 24.4 Å². The van der Waals surface area contributed by atoms with Gasteiger partial charge in [0.15, 0.2) is 11.6 Å². The van der Waals surface area contributed by atoms with Gasteiger partial charge in [0, 0.05) is 29.9 Å². The summed E-state index contributed by atoms with van der Waals surface area (Å²) in [5.41, 5.74) is 1.90. The summed E-state index contributed by atoms with van der Waals surface area (Å²) < 4.78 is 19.1. The minimum Gasteiger partial charge on any atom is -0.427 e. The number of carbonyl (C=O) groups is 4. The highest BCUT2D eigenvalue weighted by molar-refractivity contribution is 6.16. The van der Waals surface area contributed by atoms with Crippen LogP contribution in [0.15, 0.2) is 103 Å². The van der Waals surface area contributed by atoms with Gasteiger partial charge in [-0.1, -0.05) is 42.5 Å². The summed E-state index contributed by atoms with van der Waals surface area (Å²) in [7, 11) is 0. The predicted molar refractivity (Wildman–Crippen MR) is 157 cm³/mol. The Kier molecular flexibility index (Phi) is 6.09. The smallest absolute Gasteiger partial charge is 0.308 e. The predicted octanol–water partition coefficient (Wildman–Crippen LogP) is 5.73. The second-order valence-electron chi connectivity index (χ2n) is 10.9. The topological polar surface area (TPSA) is 92.8 Å². The van der Waals surface area contributed by atoms with Gasteiger partial charge in [-0.05, 0) is 77.4 Å². The molecule has 1 spiro atoms. The van der Waals surface area contributed by atoms with Crippen molar-refractivity contribution in [1.29, 1.82) is 0 Å². The summed E-state index contributed by atoms with van der Waals surface area (Å²) in [5, 5.41) is 3.00. The Balaban J connectivity index is 1.48. The lowest BCUT2D eigenvalue weighted by Gasteiger charge is -2.38. The zero-order valence-electron chi connectivity index (χ0n) is 23.0. The van der Waals surface area contributed by atoms with Crippen LogP contribution >= 0.6 is 0 Å². The number of esters is 1. The second kappa shape index (κ2) is 9.87. The number of nitrogens with one attached hydrogen (secondary N) is 1. The highest BCUT2D eigenvalue weighted by Gasteiger charge is 2.70. The molecule has 3 heterocycles. The Hall–Kier alpha value is -5.37. The van der Waals surface area contributed by atoms with E-state index in [1.165, 1.54) is 43.3 Å². The average Bonchev–Trinajstić information content (AvgIpc) is 3.49. The SMILES string of the molecule is CC(=O)Oc1ccc(C(=O)[C@H]2[C@H](C(=O)c3ccc(F)cc3)[C@]3(C(=O)Nc4ccccc43)[C@H]3c4ccccc4C=CN23)cc1. The number of Topliss-reactive ketones (excluding diaryl/α,β-unsaturated/α-hetero) is 2. The monoisotopic (exact) mass is 572 g/mol. The number of para-hydroxylation sites is 1. The lowest BCUT2D eigenvalue weighted by atomic mass is 9.62. The standard InChI is InChI=1S/C35H25FN2O5/c1-20(39)43-25-16-12-23(13-17-25)32(41)30-29(31(40)22-10-14-24(36)15-11-22)35(27-8-4-5-9-28(27)37-34(35)42)33-26-7-3-2-6-21(26)18-19-38(30)33/h2-19,29-30,33H,1H3,(H,37,42)/t29-,30-,33-,35+/m1/s1. The number of ketones is 2. The second-order valence-corrected chi connectivity index (χ2v) is 10.9. The fourth-order valence-corrected chi connectivity index (χ4v) is 6.99. The molecule has 4 aromatic carbocycles. The molecule has 1 N–H and O–H groups in total. The lowest BCUT2D eigenvalue weighted by Crippen LogP contribution is -2.49. The number of fused-ring (bicyclic) bond motifs is 6. The van der Waals surface area contributed by atoms with Gasteiger partial charge in [-0.3, -0.25) is 19.2 Å². The van der Waals surface area contributed by atoms with Crippen LogP contribution in [0.25, 0.3) is 6.08 Å². The Labute approximate surface area is 246 Å². The van der Waals surface area contributed by atoms with Crippen LogP contribution in [0.2, 0.25) is 0 Å². The minimum atomic E-state index is -1.49. The van der Waals surface area contributed by atoms with E-state index in [-0.39, 0.29) is 28.6 Å². The quantitative estimate of drug-likeness (QED) is 0.187. The first-order chi connectivity index (χ1) is 20.8. The Morgan fingerprint density at radius 3 is 2.23 bits per heavy atom. The molecule has 7 rings (SSSR count). The van der Waals surface area contributed by atoms with Gasteiger partial charge in [0.25, 0.3) is 0 Å². The van der Waals surface area contributed by atoms with Crippen molar-refractivity contribution in [3.05, 3.63) is 137 Å². The number of amides is 1. The van der Waals surface area contributed by atoms with Gasteiger partial charge in [-0.15, -0.1) is 0 Å². The van der Waals surface area contributed by atoms with E-state index in [4.69, 9.17) is 4.74 Å². The number of halogens is 1. The van der Waals surface area contributed by atoms with E-state index >= 15 is 0 Å². The van der Waals surface area contributed by atoms with Crippen molar-refractivity contribution in [1.82, 2.24) is 4.90 Å². The van der Waals surface area contributed by atoms with Gasteiger partial charge < -0.3 is 15.0 Å². The first-order valence-corrected chi connectivity index (χ1v) is 13.9. The molecule has 0 aromatic heterocycles. The van der Waals surface area contributed by atoms with Crippen LogP contribution in [0.5, 0.6) is 5.75 Å². The van der Waals surface area contributed by atoms with Crippen molar-refractivity contribution in [2.75, 3.05) is 5.32 Å². The van der Waals surface area contributed by atoms with Crippen molar-refractivity contribution in [2.24, 2.45) is 5.92 Å². The summed E-state index contributed by atoms with van der Waals surface area (Å²) in [6.45, 7) is 1.29. The summed E-state index contributed by atoms with van der Waals surface area (Å²) >= 11 is 0. The molecule has 3 aliphatic heterocycles. The normalized spacial score (nSPS) is 22.9. The van der Waals surface area contributed by atoms with Gasteiger partial charge >= 0.3 is 5.97 Å². The molecule has 7 nitrogen and oxygen atoms in total. The molecular weight excluding hydrogens is 547 g/mol. The third-order valence-electron chi connectivity index (χ3n) is 8.65. The van der Waals surface area contributed by atoms with E-state index in [9.17, 15) is 23.6 Å². The Morgan fingerprint density at radius 2 is 1.49 bits per heavy atom. The van der Waals surface area contributed by atoms with Gasteiger partial charge in [-0.25, -0.2) is 4.39 Å². The molecule has 8 heteroatoms. The molecular formula is C35H25FN2O5. The van der Waals surface area contributed by atoms with Crippen LogP contribution < -0.4 is 10.1 Å². The number of hydrogen-bond acceptors (Lipinski definition) is 6. The highest BCUT2D eigenvalue weighted by Crippen LogP contribution is 2.62. The molecule has 1 fully saturated rings. The van der Waals surface area contributed by atoms with Crippen molar-refractivity contribution >= 4 is 35.2 Å². The van der Waals surface area contributed by atoms with E-state index in [0.29, 0.717) is 11.3 Å². The van der Waals surface area contributed by atoms with Gasteiger partial charge in [0.2, 0.25) is 5.91 Å². The molecule has 43 heavy (non-hydrogen) atoms. The van der Waals surface area contributed by atoms with E-state index in [0.717, 1.165) is 11.1 Å². The van der Waals surface area contributed by atoms with E-state index in [1.807, 2.05) is 53.4 Å². The number of ether oxygens (including phenoxy) is 1. The van der Waals surface area contributed by atoms with Crippen molar-refractivity contribution in [3.63, 3.8) is 0 Å². The fourth-order valence-electron chi connectivity index (χ4n) is 6.99. The van der Waals surface area contributed by atoms with Gasteiger partial charge in [0.1, 0.15) is 23.0 Å². The van der Waals surface area contributed by atoms with E-state index < -0.39 is 41.0 Å². The number of carbonyl (C=O) groups excluding carboxylic acids is 4. The fraction of sp³-hybridized carbons (Fsp3) is 0.143. The van der Waals surface area contributed by atoms with Crippen LogP contribution in [-0.4, -0.2) is 34.4 Å².